The molecule has 0 saturated carbocycles. The van der Waals surface area contributed by atoms with Crippen LogP contribution < -0.4 is 10.6 Å². The molecule has 1 aromatic carbocycles. The number of nitrogens with two attached hydrogens (primary N) is 1. The first-order valence-corrected chi connectivity index (χ1v) is 8.16. The molecular weight excluding hydrogens is 286 g/mol. The number of benzene rings is 1. The Balaban J connectivity index is 1.48. The molecule has 1 fully saturated rings. The van der Waals surface area contributed by atoms with Crippen molar-refractivity contribution in [2.24, 2.45) is 11.7 Å². The zero-order valence-corrected chi connectivity index (χ0v) is 13.0. The number of anilines is 1. The number of nitrogens with zero attached hydrogens (tertiary/aromatic N) is 3. The van der Waals surface area contributed by atoms with Gasteiger partial charge in [-0.1, -0.05) is 30.3 Å². The van der Waals surface area contributed by atoms with Crippen molar-refractivity contribution >= 4 is 16.9 Å². The van der Waals surface area contributed by atoms with Crippen LogP contribution in [0, 0.1) is 5.92 Å². The summed E-state index contributed by atoms with van der Waals surface area (Å²) in [6.07, 6.45) is 5.73. The van der Waals surface area contributed by atoms with E-state index in [2.05, 4.69) is 44.1 Å². The number of rotatable bonds is 3. The van der Waals surface area contributed by atoms with Crippen LogP contribution in [0.1, 0.15) is 24.4 Å². The van der Waals surface area contributed by atoms with E-state index in [4.69, 9.17) is 5.73 Å². The predicted octanol–water partition coefficient (Wildman–Crippen LogP) is 2.87. The Morgan fingerprint density at radius 3 is 2.65 bits per heavy atom. The van der Waals surface area contributed by atoms with Gasteiger partial charge in [0.05, 0.1) is 5.39 Å². The van der Waals surface area contributed by atoms with E-state index in [-0.39, 0.29) is 6.04 Å². The lowest BCUT2D eigenvalue weighted by molar-refractivity contribution is 0.344. The Morgan fingerprint density at radius 1 is 1.09 bits per heavy atom. The van der Waals surface area contributed by atoms with Crippen LogP contribution in [0.15, 0.2) is 48.9 Å². The van der Waals surface area contributed by atoms with Crippen LogP contribution in [0.5, 0.6) is 0 Å². The van der Waals surface area contributed by atoms with Gasteiger partial charge >= 0.3 is 0 Å². The van der Waals surface area contributed by atoms with Gasteiger partial charge in [0.1, 0.15) is 17.8 Å². The molecule has 118 valence electrons. The van der Waals surface area contributed by atoms with Gasteiger partial charge in [0.2, 0.25) is 0 Å². The van der Waals surface area contributed by atoms with Crippen molar-refractivity contribution in [1.29, 1.82) is 0 Å². The summed E-state index contributed by atoms with van der Waals surface area (Å²) in [7, 11) is 0. The van der Waals surface area contributed by atoms with Crippen LogP contribution in [0.4, 0.5) is 5.82 Å². The molecule has 5 heteroatoms. The minimum Gasteiger partial charge on any atom is -0.356 e. The first-order valence-electron chi connectivity index (χ1n) is 8.16. The zero-order valence-electron chi connectivity index (χ0n) is 13.0. The molecule has 3 aromatic rings. The van der Waals surface area contributed by atoms with Crippen molar-refractivity contribution in [3.63, 3.8) is 0 Å². The van der Waals surface area contributed by atoms with E-state index in [1.807, 2.05) is 18.3 Å². The van der Waals surface area contributed by atoms with E-state index in [1.54, 1.807) is 6.33 Å². The van der Waals surface area contributed by atoms with Crippen LogP contribution in [0.3, 0.4) is 0 Å². The fraction of sp³-hybridized carbons (Fsp3) is 0.333. The van der Waals surface area contributed by atoms with Crippen LogP contribution in [-0.2, 0) is 0 Å². The fourth-order valence-electron chi connectivity index (χ4n) is 3.53. The highest BCUT2D eigenvalue weighted by atomic mass is 15.2. The summed E-state index contributed by atoms with van der Waals surface area (Å²) >= 11 is 0. The molecule has 1 saturated heterocycles. The van der Waals surface area contributed by atoms with Gasteiger partial charge in [0, 0.05) is 25.3 Å². The second kappa shape index (κ2) is 6.01. The van der Waals surface area contributed by atoms with Crippen LogP contribution in [0.2, 0.25) is 0 Å². The van der Waals surface area contributed by atoms with Crippen LogP contribution >= 0.6 is 0 Å². The van der Waals surface area contributed by atoms with E-state index in [1.165, 1.54) is 5.56 Å². The van der Waals surface area contributed by atoms with Gasteiger partial charge in [0.15, 0.2) is 0 Å². The maximum Gasteiger partial charge on any atom is 0.142 e. The molecule has 5 nitrogen and oxygen atoms in total. The summed E-state index contributed by atoms with van der Waals surface area (Å²) in [5.74, 6) is 1.56. The Morgan fingerprint density at radius 2 is 1.87 bits per heavy atom. The van der Waals surface area contributed by atoms with Crippen molar-refractivity contribution in [2.45, 2.75) is 18.9 Å². The topological polar surface area (TPSA) is 70.8 Å². The average molecular weight is 307 g/mol. The number of hydrogen-bond acceptors (Lipinski definition) is 4. The maximum atomic E-state index is 6.48. The summed E-state index contributed by atoms with van der Waals surface area (Å²) in [5, 5.41) is 1.10. The fourth-order valence-corrected chi connectivity index (χ4v) is 3.53. The molecule has 0 aliphatic carbocycles. The number of fused-ring (bicyclic) bond motifs is 1. The molecule has 3 N–H and O–H groups in total. The normalized spacial score (nSPS) is 17.5. The first-order chi connectivity index (χ1) is 11.3. The third-order valence-electron chi connectivity index (χ3n) is 4.86. The lowest BCUT2D eigenvalue weighted by Crippen LogP contribution is -2.38. The molecule has 1 atom stereocenters. The summed E-state index contributed by atoms with van der Waals surface area (Å²) in [6.45, 7) is 1.98. The van der Waals surface area contributed by atoms with E-state index < -0.39 is 0 Å². The van der Waals surface area contributed by atoms with E-state index in [9.17, 15) is 0 Å². The van der Waals surface area contributed by atoms with Crippen molar-refractivity contribution in [3.05, 3.63) is 54.5 Å². The minimum atomic E-state index is 0.121. The van der Waals surface area contributed by atoms with Gasteiger partial charge in [-0.3, -0.25) is 0 Å². The van der Waals surface area contributed by atoms with Crippen molar-refractivity contribution in [1.82, 2.24) is 15.0 Å². The quantitative estimate of drug-likeness (QED) is 0.780. The summed E-state index contributed by atoms with van der Waals surface area (Å²) in [4.78, 5) is 14.3. The molecule has 0 radical (unpaired) electrons. The molecule has 1 aliphatic heterocycles. The Bertz CT molecular complexity index is 774. The maximum absolute atomic E-state index is 6.48. The van der Waals surface area contributed by atoms with Crippen LogP contribution in [0.25, 0.3) is 11.0 Å². The zero-order chi connectivity index (χ0) is 15.6. The lowest BCUT2D eigenvalue weighted by Gasteiger charge is -2.35. The van der Waals surface area contributed by atoms with E-state index in [0.717, 1.165) is 42.8 Å². The third kappa shape index (κ3) is 2.68. The van der Waals surface area contributed by atoms with Gasteiger partial charge < -0.3 is 15.6 Å². The Kier molecular flexibility index (Phi) is 3.71. The van der Waals surface area contributed by atoms with Crippen molar-refractivity contribution in [3.8, 4) is 0 Å². The minimum absolute atomic E-state index is 0.121. The molecule has 3 heterocycles. The number of aromatic amines is 1. The molecule has 2 aromatic heterocycles. The number of piperidine rings is 1. The first kappa shape index (κ1) is 14.2. The molecular formula is C18H21N5. The smallest absolute Gasteiger partial charge is 0.142 e. The van der Waals surface area contributed by atoms with Gasteiger partial charge in [-0.15, -0.1) is 0 Å². The highest BCUT2D eigenvalue weighted by molar-refractivity contribution is 5.87. The molecule has 0 unspecified atom stereocenters. The number of H-pyrrole nitrogens is 1. The largest absolute Gasteiger partial charge is 0.356 e. The van der Waals surface area contributed by atoms with Gasteiger partial charge in [-0.2, -0.15) is 0 Å². The van der Waals surface area contributed by atoms with Gasteiger partial charge in [-0.05, 0) is 30.4 Å². The molecule has 1 aliphatic rings. The van der Waals surface area contributed by atoms with E-state index >= 15 is 0 Å². The SMILES string of the molecule is N[C@@H](c1ccccc1)C1CCN(c2ncnc3[nH]ccc23)CC1. The molecule has 4 rings (SSSR count). The molecule has 0 amide bonds. The monoisotopic (exact) mass is 307 g/mol. The number of aromatic nitrogens is 3. The highest BCUT2D eigenvalue weighted by Gasteiger charge is 2.26. The van der Waals surface area contributed by atoms with Crippen molar-refractivity contribution < 1.29 is 0 Å². The summed E-state index contributed by atoms with van der Waals surface area (Å²) in [5.41, 5.74) is 8.62. The second-order valence-corrected chi connectivity index (χ2v) is 6.20. The molecule has 23 heavy (non-hydrogen) atoms. The Hall–Kier alpha value is -2.40. The number of nitrogens with one attached hydrogen (secondary N) is 1. The average Bonchev–Trinajstić information content (AvgIpc) is 3.11. The van der Waals surface area contributed by atoms with Crippen LogP contribution in [-0.4, -0.2) is 28.0 Å². The molecule has 0 spiro atoms. The summed E-state index contributed by atoms with van der Waals surface area (Å²) in [6, 6.07) is 12.6. The summed E-state index contributed by atoms with van der Waals surface area (Å²) < 4.78 is 0. The number of hydrogen-bond donors (Lipinski definition) is 2. The van der Waals surface area contributed by atoms with E-state index in [0.29, 0.717) is 5.92 Å². The van der Waals surface area contributed by atoms with Gasteiger partial charge in [0.25, 0.3) is 0 Å². The van der Waals surface area contributed by atoms with Crippen molar-refractivity contribution in [2.75, 3.05) is 18.0 Å². The predicted molar refractivity (Wildman–Crippen MR) is 92.2 cm³/mol. The lowest BCUT2D eigenvalue weighted by atomic mass is 9.86. The molecule has 0 bridgehead atoms. The third-order valence-corrected chi connectivity index (χ3v) is 4.86. The highest BCUT2D eigenvalue weighted by Crippen LogP contribution is 2.32. The van der Waals surface area contributed by atoms with Gasteiger partial charge in [-0.25, -0.2) is 9.97 Å². The second-order valence-electron chi connectivity index (χ2n) is 6.20. The Labute approximate surface area is 135 Å². The standard InChI is InChI=1S/C18H21N5/c19-16(13-4-2-1-3-5-13)14-7-10-23(11-8-14)18-15-6-9-20-17(15)21-12-22-18/h1-6,9,12,14,16H,7-8,10-11,19H2,(H,20,21,22)/t16-/m0/s1.